The zero-order valence-electron chi connectivity index (χ0n) is 16.5. The number of hydrogen-bond donors (Lipinski definition) is 1. The third-order valence-corrected chi connectivity index (χ3v) is 4.96. The molecule has 0 saturated carbocycles. The van der Waals surface area contributed by atoms with Gasteiger partial charge in [0.1, 0.15) is 5.82 Å². The molecule has 0 amide bonds. The molecule has 1 N–H and O–H groups in total. The van der Waals surface area contributed by atoms with Crippen LogP contribution in [-0.2, 0) is 0 Å². The summed E-state index contributed by atoms with van der Waals surface area (Å²) >= 11 is 6.02. The van der Waals surface area contributed by atoms with E-state index in [1.165, 1.54) is 0 Å². The minimum absolute atomic E-state index is 0.667. The lowest BCUT2D eigenvalue weighted by atomic mass is 10.3. The van der Waals surface area contributed by atoms with Crippen LogP contribution in [0.4, 0.5) is 17.5 Å². The highest BCUT2D eigenvalue weighted by molar-refractivity contribution is 6.30. The van der Waals surface area contributed by atoms with Gasteiger partial charge in [0.2, 0.25) is 5.95 Å². The van der Waals surface area contributed by atoms with E-state index < -0.39 is 0 Å². The Morgan fingerprint density at radius 3 is 2.52 bits per heavy atom. The van der Waals surface area contributed by atoms with Crippen LogP contribution in [0, 0.1) is 0 Å². The largest absolute Gasteiger partial charge is 0.344 e. The lowest BCUT2D eigenvalue weighted by Crippen LogP contribution is -2.21. The number of unbranched alkanes of at least 4 members (excludes halogenated alkanes) is 1. The van der Waals surface area contributed by atoms with Gasteiger partial charge in [0.25, 0.3) is 0 Å². The van der Waals surface area contributed by atoms with E-state index in [1.54, 1.807) is 6.20 Å². The van der Waals surface area contributed by atoms with E-state index in [9.17, 15) is 0 Å². The first kappa shape index (κ1) is 19.2. The van der Waals surface area contributed by atoms with Crippen molar-refractivity contribution in [2.45, 2.75) is 19.8 Å². The maximum Gasteiger partial charge on any atom is 0.229 e. The van der Waals surface area contributed by atoms with Crippen LogP contribution in [0.3, 0.4) is 0 Å². The Balaban J connectivity index is 1.82. The number of nitrogens with zero attached hydrogens (tertiary/aromatic N) is 5. The molecule has 2 aromatic carbocycles. The van der Waals surface area contributed by atoms with Crippen molar-refractivity contribution in [2.75, 3.05) is 23.8 Å². The molecule has 7 heteroatoms. The normalized spacial score (nSPS) is 11.0. The molecule has 0 unspecified atom stereocenters. The molecule has 0 spiro atoms. The standard InChI is InChI=1S/C22H23ClN6/c1-3-4-14-28(2)22-26-20(25-17-12-10-16(23)11-13-17)19-15-24-29(21(19)27-22)18-8-6-5-7-9-18/h5-13,15H,3-4,14H2,1-2H3,(H,25,26,27). The third-order valence-electron chi connectivity index (χ3n) is 4.71. The number of fused-ring (bicyclic) bond motifs is 1. The second-order valence-electron chi connectivity index (χ2n) is 6.91. The van der Waals surface area contributed by atoms with Gasteiger partial charge in [-0.05, 0) is 42.8 Å². The summed E-state index contributed by atoms with van der Waals surface area (Å²) in [4.78, 5) is 11.7. The van der Waals surface area contributed by atoms with E-state index in [-0.39, 0.29) is 0 Å². The molecule has 2 aromatic heterocycles. The minimum Gasteiger partial charge on any atom is -0.344 e. The summed E-state index contributed by atoms with van der Waals surface area (Å²) in [6.07, 6.45) is 4.00. The minimum atomic E-state index is 0.667. The highest BCUT2D eigenvalue weighted by Crippen LogP contribution is 2.28. The van der Waals surface area contributed by atoms with Crippen LogP contribution in [0.25, 0.3) is 16.7 Å². The fourth-order valence-corrected chi connectivity index (χ4v) is 3.21. The molecular formula is C22H23ClN6. The summed E-state index contributed by atoms with van der Waals surface area (Å²) in [5.74, 6) is 1.39. The molecule has 0 saturated heterocycles. The van der Waals surface area contributed by atoms with Gasteiger partial charge in [-0.1, -0.05) is 43.1 Å². The SMILES string of the molecule is CCCCN(C)c1nc(Nc2ccc(Cl)cc2)c2cnn(-c3ccccc3)c2n1. The van der Waals surface area contributed by atoms with E-state index in [0.29, 0.717) is 11.0 Å². The zero-order chi connectivity index (χ0) is 20.2. The Bertz CT molecular complexity index is 1090. The van der Waals surface area contributed by atoms with Crippen molar-refractivity contribution in [2.24, 2.45) is 0 Å². The molecule has 0 fully saturated rings. The number of para-hydroxylation sites is 1. The fraction of sp³-hybridized carbons (Fsp3) is 0.227. The van der Waals surface area contributed by atoms with Crippen LogP contribution in [0.15, 0.2) is 60.8 Å². The van der Waals surface area contributed by atoms with Gasteiger partial charge in [0.15, 0.2) is 5.65 Å². The van der Waals surface area contributed by atoms with Gasteiger partial charge >= 0.3 is 0 Å². The molecule has 0 aliphatic carbocycles. The maximum absolute atomic E-state index is 6.02. The second-order valence-corrected chi connectivity index (χ2v) is 7.34. The summed E-state index contributed by atoms with van der Waals surface area (Å²) < 4.78 is 1.85. The molecule has 0 radical (unpaired) electrons. The number of halogens is 1. The van der Waals surface area contributed by atoms with Gasteiger partial charge in [0.05, 0.1) is 17.3 Å². The van der Waals surface area contributed by atoms with Gasteiger partial charge < -0.3 is 10.2 Å². The molecule has 0 atom stereocenters. The lowest BCUT2D eigenvalue weighted by molar-refractivity contribution is 0.750. The summed E-state index contributed by atoms with van der Waals surface area (Å²) in [5, 5.41) is 9.53. The second kappa shape index (κ2) is 8.49. The van der Waals surface area contributed by atoms with Crippen LogP contribution < -0.4 is 10.2 Å². The van der Waals surface area contributed by atoms with Gasteiger partial charge in [0, 0.05) is 24.3 Å². The number of aromatic nitrogens is 4. The summed E-state index contributed by atoms with van der Waals surface area (Å²) in [7, 11) is 2.02. The molecule has 2 heterocycles. The van der Waals surface area contributed by atoms with Crippen LogP contribution >= 0.6 is 11.6 Å². The van der Waals surface area contributed by atoms with E-state index in [2.05, 4.69) is 22.2 Å². The zero-order valence-corrected chi connectivity index (χ0v) is 17.3. The molecule has 4 aromatic rings. The Morgan fingerprint density at radius 2 is 1.79 bits per heavy atom. The number of rotatable bonds is 7. The fourth-order valence-electron chi connectivity index (χ4n) is 3.09. The van der Waals surface area contributed by atoms with Crippen LogP contribution in [0.2, 0.25) is 5.02 Å². The smallest absolute Gasteiger partial charge is 0.229 e. The first-order chi connectivity index (χ1) is 14.2. The predicted octanol–water partition coefficient (Wildman–Crippen LogP) is 5.45. The molecule has 0 bridgehead atoms. The number of benzene rings is 2. The molecule has 0 aliphatic rings. The Labute approximate surface area is 175 Å². The van der Waals surface area contributed by atoms with Crippen molar-refractivity contribution in [1.82, 2.24) is 19.7 Å². The topological polar surface area (TPSA) is 58.9 Å². The molecule has 6 nitrogen and oxygen atoms in total. The first-order valence-electron chi connectivity index (χ1n) is 9.70. The van der Waals surface area contributed by atoms with Crippen molar-refractivity contribution in [1.29, 1.82) is 0 Å². The lowest BCUT2D eigenvalue weighted by Gasteiger charge is -2.18. The van der Waals surface area contributed by atoms with E-state index in [1.807, 2.05) is 66.3 Å². The summed E-state index contributed by atoms with van der Waals surface area (Å²) in [6.45, 7) is 3.07. The van der Waals surface area contributed by atoms with Crippen molar-refractivity contribution in [3.63, 3.8) is 0 Å². The molecule has 29 heavy (non-hydrogen) atoms. The van der Waals surface area contributed by atoms with Crippen molar-refractivity contribution >= 4 is 40.1 Å². The average Bonchev–Trinajstić information content (AvgIpc) is 3.18. The van der Waals surface area contributed by atoms with Crippen LogP contribution in [0.5, 0.6) is 0 Å². The summed E-state index contributed by atoms with van der Waals surface area (Å²) in [6, 6.07) is 17.6. The molecular weight excluding hydrogens is 384 g/mol. The Kier molecular flexibility index (Phi) is 5.62. The van der Waals surface area contributed by atoms with Crippen LogP contribution in [-0.4, -0.2) is 33.3 Å². The van der Waals surface area contributed by atoms with Gasteiger partial charge in [-0.3, -0.25) is 0 Å². The van der Waals surface area contributed by atoms with Crippen molar-refractivity contribution < 1.29 is 0 Å². The van der Waals surface area contributed by atoms with E-state index in [4.69, 9.17) is 21.6 Å². The highest BCUT2D eigenvalue weighted by atomic mass is 35.5. The van der Waals surface area contributed by atoms with E-state index >= 15 is 0 Å². The summed E-state index contributed by atoms with van der Waals surface area (Å²) in [5.41, 5.74) is 2.63. The molecule has 0 aliphatic heterocycles. The Hall–Kier alpha value is -3.12. The molecule has 148 valence electrons. The highest BCUT2D eigenvalue weighted by Gasteiger charge is 2.16. The molecule has 4 rings (SSSR count). The number of nitrogens with one attached hydrogen (secondary N) is 1. The van der Waals surface area contributed by atoms with Gasteiger partial charge in [-0.2, -0.15) is 15.1 Å². The average molecular weight is 407 g/mol. The first-order valence-corrected chi connectivity index (χ1v) is 10.1. The third kappa shape index (κ3) is 4.17. The Morgan fingerprint density at radius 1 is 1.03 bits per heavy atom. The number of anilines is 3. The quantitative estimate of drug-likeness (QED) is 0.442. The maximum atomic E-state index is 6.02. The van der Waals surface area contributed by atoms with Crippen molar-refractivity contribution in [3.05, 3.63) is 65.8 Å². The van der Waals surface area contributed by atoms with Crippen molar-refractivity contribution in [3.8, 4) is 5.69 Å². The number of hydrogen-bond acceptors (Lipinski definition) is 5. The van der Waals surface area contributed by atoms with Crippen LogP contribution in [0.1, 0.15) is 19.8 Å². The monoisotopic (exact) mass is 406 g/mol. The van der Waals surface area contributed by atoms with Gasteiger partial charge in [-0.15, -0.1) is 0 Å². The van der Waals surface area contributed by atoms with E-state index in [0.717, 1.165) is 47.6 Å². The van der Waals surface area contributed by atoms with Gasteiger partial charge in [-0.25, -0.2) is 4.68 Å². The predicted molar refractivity (Wildman–Crippen MR) is 120 cm³/mol.